The molecule has 0 atom stereocenters. The summed E-state index contributed by atoms with van der Waals surface area (Å²) in [7, 11) is 0. The van der Waals surface area contributed by atoms with Crippen LogP contribution in [0.1, 0.15) is 47.2 Å². The van der Waals surface area contributed by atoms with Gasteiger partial charge in [0.15, 0.2) is 0 Å². The highest BCUT2D eigenvalue weighted by atomic mass is 79.9. The Hall–Kier alpha value is -1.62. The maximum absolute atomic E-state index is 12.5. The summed E-state index contributed by atoms with van der Waals surface area (Å²) >= 11 is 3.43. The largest absolute Gasteiger partial charge is 0.319 e. The number of hydrogen-bond acceptors (Lipinski definition) is 2. The normalized spacial score (nSPS) is 11.0. The standard InChI is InChI=1S/C16H20BrN3O/c1-9(2)20-12(5)15(11(4)19-20)18-16(21)13-8-10(3)6-7-14(13)17/h6-9H,1-5H3,(H,18,21). The van der Waals surface area contributed by atoms with E-state index < -0.39 is 0 Å². The van der Waals surface area contributed by atoms with Gasteiger partial charge >= 0.3 is 0 Å². The first-order valence-corrected chi connectivity index (χ1v) is 7.73. The number of carbonyl (C=O) groups excluding carboxylic acids is 1. The van der Waals surface area contributed by atoms with Crippen molar-refractivity contribution in [1.82, 2.24) is 9.78 Å². The third-order valence-corrected chi connectivity index (χ3v) is 4.11. The van der Waals surface area contributed by atoms with Gasteiger partial charge in [0.2, 0.25) is 0 Å². The zero-order valence-electron chi connectivity index (χ0n) is 13.0. The van der Waals surface area contributed by atoms with Crippen LogP contribution in [0.4, 0.5) is 5.69 Å². The van der Waals surface area contributed by atoms with E-state index in [9.17, 15) is 4.79 Å². The smallest absolute Gasteiger partial charge is 0.256 e. The van der Waals surface area contributed by atoms with Crippen molar-refractivity contribution in [3.8, 4) is 0 Å². The van der Waals surface area contributed by atoms with Crippen LogP contribution in [0.2, 0.25) is 0 Å². The van der Waals surface area contributed by atoms with Gasteiger partial charge < -0.3 is 5.32 Å². The van der Waals surface area contributed by atoms with E-state index in [1.165, 1.54) is 0 Å². The van der Waals surface area contributed by atoms with Gasteiger partial charge in [-0.05, 0) is 62.7 Å². The maximum Gasteiger partial charge on any atom is 0.256 e. The first-order chi connectivity index (χ1) is 9.81. The molecular formula is C16H20BrN3O. The van der Waals surface area contributed by atoms with Crippen molar-refractivity contribution >= 4 is 27.5 Å². The number of rotatable bonds is 3. The van der Waals surface area contributed by atoms with Crippen LogP contribution < -0.4 is 5.32 Å². The first kappa shape index (κ1) is 15.8. The molecule has 0 unspecified atom stereocenters. The first-order valence-electron chi connectivity index (χ1n) is 6.94. The third kappa shape index (κ3) is 3.18. The lowest BCUT2D eigenvalue weighted by atomic mass is 10.1. The Morgan fingerprint density at radius 3 is 2.52 bits per heavy atom. The van der Waals surface area contributed by atoms with Crippen LogP contribution in [0.5, 0.6) is 0 Å². The molecule has 0 spiro atoms. The summed E-state index contributed by atoms with van der Waals surface area (Å²) in [5, 5.41) is 7.47. The van der Waals surface area contributed by atoms with Crippen molar-refractivity contribution in [3.63, 3.8) is 0 Å². The van der Waals surface area contributed by atoms with Crippen molar-refractivity contribution in [3.05, 3.63) is 45.2 Å². The fourth-order valence-corrected chi connectivity index (χ4v) is 2.77. The fourth-order valence-electron chi connectivity index (χ4n) is 2.34. The van der Waals surface area contributed by atoms with Gasteiger partial charge in [-0.3, -0.25) is 9.48 Å². The van der Waals surface area contributed by atoms with E-state index >= 15 is 0 Å². The van der Waals surface area contributed by atoms with Crippen LogP contribution >= 0.6 is 15.9 Å². The molecule has 5 heteroatoms. The van der Waals surface area contributed by atoms with Crippen LogP contribution in [0.3, 0.4) is 0 Å². The summed E-state index contributed by atoms with van der Waals surface area (Å²) < 4.78 is 2.72. The lowest BCUT2D eigenvalue weighted by molar-refractivity contribution is 0.102. The zero-order valence-corrected chi connectivity index (χ0v) is 14.6. The minimum Gasteiger partial charge on any atom is -0.319 e. The summed E-state index contributed by atoms with van der Waals surface area (Å²) in [6.07, 6.45) is 0. The van der Waals surface area contributed by atoms with Gasteiger partial charge in [0, 0.05) is 10.5 Å². The zero-order chi connectivity index (χ0) is 15.7. The highest BCUT2D eigenvalue weighted by molar-refractivity contribution is 9.10. The number of halogens is 1. The quantitative estimate of drug-likeness (QED) is 0.892. The third-order valence-electron chi connectivity index (χ3n) is 3.42. The molecule has 2 aromatic rings. The highest BCUT2D eigenvalue weighted by Crippen LogP contribution is 2.25. The van der Waals surface area contributed by atoms with Crippen LogP contribution in [0, 0.1) is 20.8 Å². The summed E-state index contributed by atoms with van der Waals surface area (Å²) in [4.78, 5) is 12.5. The molecular weight excluding hydrogens is 330 g/mol. The molecule has 1 heterocycles. The lowest BCUT2D eigenvalue weighted by Gasteiger charge is -2.10. The number of anilines is 1. The second kappa shape index (κ2) is 6.02. The number of aromatic nitrogens is 2. The summed E-state index contributed by atoms with van der Waals surface area (Å²) in [5.74, 6) is -0.125. The van der Waals surface area contributed by atoms with Crippen LogP contribution in [-0.2, 0) is 0 Å². The van der Waals surface area contributed by atoms with Crippen LogP contribution in [-0.4, -0.2) is 15.7 Å². The molecule has 0 radical (unpaired) electrons. The Labute approximate surface area is 133 Å². The minimum atomic E-state index is -0.125. The molecule has 4 nitrogen and oxygen atoms in total. The molecule has 0 saturated heterocycles. The second-order valence-electron chi connectivity index (χ2n) is 5.52. The van der Waals surface area contributed by atoms with Crippen molar-refractivity contribution in [2.45, 2.75) is 40.7 Å². The number of benzene rings is 1. The molecule has 21 heavy (non-hydrogen) atoms. The predicted octanol–water partition coefficient (Wildman–Crippen LogP) is 4.40. The van der Waals surface area contributed by atoms with E-state index in [1.54, 1.807) is 0 Å². The number of nitrogens with one attached hydrogen (secondary N) is 1. The summed E-state index contributed by atoms with van der Waals surface area (Å²) in [6.45, 7) is 9.99. The molecule has 1 amide bonds. The van der Waals surface area contributed by atoms with Gasteiger partial charge in [0.05, 0.1) is 22.6 Å². The molecule has 0 bridgehead atoms. The molecule has 1 aromatic carbocycles. The molecule has 2 rings (SSSR count). The minimum absolute atomic E-state index is 0.125. The van der Waals surface area contributed by atoms with E-state index in [1.807, 2.05) is 43.7 Å². The van der Waals surface area contributed by atoms with Crippen molar-refractivity contribution < 1.29 is 4.79 Å². The predicted molar refractivity (Wildman–Crippen MR) is 88.9 cm³/mol. The fraction of sp³-hybridized carbons (Fsp3) is 0.375. The van der Waals surface area contributed by atoms with Gasteiger partial charge in [0.1, 0.15) is 0 Å². The van der Waals surface area contributed by atoms with E-state index in [2.05, 4.69) is 40.2 Å². The molecule has 0 aliphatic rings. The van der Waals surface area contributed by atoms with Gasteiger partial charge in [0.25, 0.3) is 5.91 Å². The molecule has 0 aliphatic carbocycles. The Kier molecular flexibility index (Phi) is 4.52. The molecule has 112 valence electrons. The summed E-state index contributed by atoms with van der Waals surface area (Å²) in [5.41, 5.74) is 4.28. The monoisotopic (exact) mass is 349 g/mol. The number of aryl methyl sites for hydroxylation is 2. The molecule has 0 aliphatic heterocycles. The number of hydrogen-bond donors (Lipinski definition) is 1. The van der Waals surface area contributed by atoms with Crippen molar-refractivity contribution in [1.29, 1.82) is 0 Å². The Balaban J connectivity index is 2.34. The molecule has 0 fully saturated rings. The van der Waals surface area contributed by atoms with Crippen LogP contribution in [0.15, 0.2) is 22.7 Å². The number of amides is 1. The number of carbonyl (C=O) groups is 1. The molecule has 0 saturated carbocycles. The average Bonchev–Trinajstić information content (AvgIpc) is 2.69. The van der Waals surface area contributed by atoms with Gasteiger partial charge in [-0.1, -0.05) is 11.6 Å². The average molecular weight is 350 g/mol. The van der Waals surface area contributed by atoms with E-state index in [-0.39, 0.29) is 11.9 Å². The van der Waals surface area contributed by atoms with Gasteiger partial charge in [-0.15, -0.1) is 0 Å². The van der Waals surface area contributed by atoms with E-state index in [4.69, 9.17) is 0 Å². The Morgan fingerprint density at radius 2 is 1.95 bits per heavy atom. The van der Waals surface area contributed by atoms with Crippen molar-refractivity contribution in [2.24, 2.45) is 0 Å². The topological polar surface area (TPSA) is 46.9 Å². The van der Waals surface area contributed by atoms with E-state index in [0.717, 1.165) is 27.1 Å². The summed E-state index contributed by atoms with van der Waals surface area (Å²) in [6, 6.07) is 5.99. The maximum atomic E-state index is 12.5. The van der Waals surface area contributed by atoms with Crippen molar-refractivity contribution in [2.75, 3.05) is 5.32 Å². The van der Waals surface area contributed by atoms with Gasteiger partial charge in [-0.25, -0.2) is 0 Å². The Bertz CT molecular complexity index is 689. The number of nitrogens with zero attached hydrogens (tertiary/aromatic N) is 2. The molecule has 1 N–H and O–H groups in total. The van der Waals surface area contributed by atoms with Crippen LogP contribution in [0.25, 0.3) is 0 Å². The lowest BCUT2D eigenvalue weighted by Crippen LogP contribution is -2.14. The van der Waals surface area contributed by atoms with E-state index in [0.29, 0.717) is 5.56 Å². The molecule has 1 aromatic heterocycles. The second-order valence-corrected chi connectivity index (χ2v) is 6.38. The SMILES string of the molecule is Cc1ccc(Br)c(C(=O)Nc2c(C)nn(C(C)C)c2C)c1. The Morgan fingerprint density at radius 1 is 1.29 bits per heavy atom. The highest BCUT2D eigenvalue weighted by Gasteiger charge is 2.17. The van der Waals surface area contributed by atoms with Gasteiger partial charge in [-0.2, -0.15) is 5.10 Å².